The van der Waals surface area contributed by atoms with Gasteiger partial charge in [-0.15, -0.1) is 0 Å². The van der Waals surface area contributed by atoms with E-state index in [0.29, 0.717) is 18.7 Å². The van der Waals surface area contributed by atoms with E-state index < -0.39 is 21.7 Å². The maximum absolute atomic E-state index is 13.9. The maximum Gasteiger partial charge on any atom is 0.243 e. The molecule has 3 aromatic rings. The molecule has 0 atom stereocenters. The summed E-state index contributed by atoms with van der Waals surface area (Å²) >= 11 is 0. The van der Waals surface area contributed by atoms with Gasteiger partial charge in [0, 0.05) is 45.1 Å². The number of benzene rings is 2. The van der Waals surface area contributed by atoms with Gasteiger partial charge < -0.3 is 9.32 Å². The zero-order valence-corrected chi connectivity index (χ0v) is 19.7. The van der Waals surface area contributed by atoms with Crippen LogP contribution in [0.25, 0.3) is 11.3 Å². The summed E-state index contributed by atoms with van der Waals surface area (Å²) in [4.78, 5) is 18.6. The molecular formula is C24H25F2N3O4S. The number of carbonyl (C=O) groups is 1. The van der Waals surface area contributed by atoms with Crippen LogP contribution in [0.5, 0.6) is 0 Å². The van der Waals surface area contributed by atoms with Crippen molar-refractivity contribution in [2.75, 3.05) is 26.2 Å². The third-order valence-corrected chi connectivity index (χ3v) is 7.90. The van der Waals surface area contributed by atoms with E-state index in [9.17, 15) is 22.0 Å². The van der Waals surface area contributed by atoms with Crippen molar-refractivity contribution in [2.24, 2.45) is 0 Å². The Morgan fingerprint density at radius 1 is 1.06 bits per heavy atom. The summed E-state index contributed by atoms with van der Waals surface area (Å²) in [6, 6.07) is 8.40. The Kier molecular flexibility index (Phi) is 6.81. The van der Waals surface area contributed by atoms with E-state index in [2.05, 4.69) is 4.98 Å². The van der Waals surface area contributed by atoms with Gasteiger partial charge in [-0.25, -0.2) is 22.2 Å². The van der Waals surface area contributed by atoms with Crippen molar-refractivity contribution in [3.63, 3.8) is 0 Å². The van der Waals surface area contributed by atoms with E-state index in [1.807, 2.05) is 13.0 Å². The number of hydrogen-bond donors (Lipinski definition) is 0. The van der Waals surface area contributed by atoms with Crippen LogP contribution in [0.2, 0.25) is 0 Å². The number of carbonyl (C=O) groups excluding carboxylic acids is 1. The highest BCUT2D eigenvalue weighted by Gasteiger charge is 2.31. The molecule has 0 spiro atoms. The highest BCUT2D eigenvalue weighted by Crippen LogP contribution is 2.25. The Labute approximate surface area is 197 Å². The quantitative estimate of drug-likeness (QED) is 0.527. The number of oxazole rings is 1. The molecule has 0 saturated carbocycles. The van der Waals surface area contributed by atoms with Crippen molar-refractivity contribution in [1.82, 2.24) is 14.2 Å². The number of nitrogens with zero attached hydrogens (tertiary/aromatic N) is 3. The largest absolute Gasteiger partial charge is 0.441 e. The fraction of sp³-hybridized carbons (Fsp3) is 0.333. The number of piperazine rings is 1. The third kappa shape index (κ3) is 5.02. The van der Waals surface area contributed by atoms with Crippen LogP contribution in [0.4, 0.5) is 8.78 Å². The topological polar surface area (TPSA) is 83.7 Å². The average Bonchev–Trinajstić information content (AvgIpc) is 3.26. The number of aromatic nitrogens is 1. The van der Waals surface area contributed by atoms with Gasteiger partial charge in [-0.3, -0.25) is 4.79 Å². The lowest BCUT2D eigenvalue weighted by molar-refractivity contribution is -0.132. The zero-order chi connectivity index (χ0) is 24.5. The van der Waals surface area contributed by atoms with Gasteiger partial charge in [0.25, 0.3) is 0 Å². The highest BCUT2D eigenvalue weighted by molar-refractivity contribution is 7.89. The van der Waals surface area contributed by atoms with Crippen LogP contribution in [-0.4, -0.2) is 54.7 Å². The smallest absolute Gasteiger partial charge is 0.243 e. The number of amides is 1. The first-order valence-corrected chi connectivity index (χ1v) is 12.3. The molecule has 2 aromatic carbocycles. The van der Waals surface area contributed by atoms with Crippen molar-refractivity contribution < 1.29 is 26.4 Å². The predicted octanol–water partition coefficient (Wildman–Crippen LogP) is 3.70. The van der Waals surface area contributed by atoms with Crippen molar-refractivity contribution in [3.05, 3.63) is 71.2 Å². The number of halogens is 2. The molecule has 180 valence electrons. The average molecular weight is 490 g/mol. The van der Waals surface area contributed by atoms with Crippen molar-refractivity contribution in [2.45, 2.75) is 31.6 Å². The van der Waals surface area contributed by atoms with Gasteiger partial charge in [0.2, 0.25) is 15.9 Å². The Morgan fingerprint density at radius 2 is 1.79 bits per heavy atom. The van der Waals surface area contributed by atoms with Crippen molar-refractivity contribution in [3.8, 4) is 11.3 Å². The van der Waals surface area contributed by atoms with Crippen LogP contribution in [0.15, 0.2) is 51.9 Å². The van der Waals surface area contributed by atoms with E-state index in [4.69, 9.17) is 4.42 Å². The molecule has 2 heterocycles. The van der Waals surface area contributed by atoms with Gasteiger partial charge in [0.15, 0.2) is 11.7 Å². The molecule has 0 bridgehead atoms. The first kappa shape index (κ1) is 24.0. The van der Waals surface area contributed by atoms with Gasteiger partial charge in [-0.2, -0.15) is 4.31 Å². The lowest BCUT2D eigenvalue weighted by Gasteiger charge is -2.34. The van der Waals surface area contributed by atoms with Gasteiger partial charge in [-0.1, -0.05) is 17.7 Å². The third-order valence-electron chi connectivity index (χ3n) is 5.84. The molecular weight excluding hydrogens is 464 g/mol. The SMILES string of the molecule is Cc1ccc(S(=O)(=O)N2CCN(C(=O)CCc3ncc(-c4ccc(F)cc4F)o3)CC2)c(C)c1. The lowest BCUT2D eigenvalue weighted by atomic mass is 10.2. The van der Waals surface area contributed by atoms with E-state index in [0.717, 1.165) is 17.7 Å². The zero-order valence-electron chi connectivity index (χ0n) is 18.9. The van der Waals surface area contributed by atoms with E-state index >= 15 is 0 Å². The van der Waals surface area contributed by atoms with Crippen LogP contribution in [0, 0.1) is 25.5 Å². The Bertz CT molecular complexity index is 1320. The summed E-state index contributed by atoms with van der Waals surface area (Å²) < 4.78 is 60.0. The summed E-state index contributed by atoms with van der Waals surface area (Å²) in [5.74, 6) is -1.16. The van der Waals surface area contributed by atoms with E-state index in [1.165, 1.54) is 16.6 Å². The molecule has 10 heteroatoms. The van der Waals surface area contributed by atoms with Crippen molar-refractivity contribution >= 4 is 15.9 Å². The first-order chi connectivity index (χ1) is 16.1. The standard InChI is InChI=1S/C24H25F2N3O4S/c1-16-3-6-22(17(2)13-16)34(31,32)29-11-9-28(10-12-29)24(30)8-7-23-27-15-21(33-23)19-5-4-18(25)14-20(19)26/h3-6,13-15H,7-12H2,1-2H3. The summed E-state index contributed by atoms with van der Waals surface area (Å²) in [6.07, 6.45) is 1.67. The van der Waals surface area contributed by atoms with Crippen molar-refractivity contribution in [1.29, 1.82) is 0 Å². The molecule has 34 heavy (non-hydrogen) atoms. The maximum atomic E-state index is 13.9. The minimum atomic E-state index is -3.63. The number of hydrogen-bond acceptors (Lipinski definition) is 5. The lowest BCUT2D eigenvalue weighted by Crippen LogP contribution is -2.50. The summed E-state index contributed by atoms with van der Waals surface area (Å²) in [5, 5.41) is 0. The van der Waals surface area contributed by atoms with Gasteiger partial charge in [0.1, 0.15) is 11.6 Å². The van der Waals surface area contributed by atoms with Crippen LogP contribution in [0.1, 0.15) is 23.4 Å². The molecule has 1 aliphatic rings. The van der Waals surface area contributed by atoms with Crippen LogP contribution in [0.3, 0.4) is 0 Å². The summed E-state index contributed by atoms with van der Waals surface area (Å²) in [7, 11) is -3.63. The second kappa shape index (κ2) is 9.63. The van der Waals surface area contributed by atoms with Gasteiger partial charge in [0.05, 0.1) is 16.7 Å². The van der Waals surface area contributed by atoms with Gasteiger partial charge in [-0.05, 0) is 37.6 Å². The Balaban J connectivity index is 1.32. The monoisotopic (exact) mass is 489 g/mol. The van der Waals surface area contributed by atoms with E-state index in [1.54, 1.807) is 24.0 Å². The number of aryl methyl sites for hydroxylation is 3. The Hall–Kier alpha value is -3.11. The molecule has 0 aliphatic carbocycles. The predicted molar refractivity (Wildman–Crippen MR) is 121 cm³/mol. The molecule has 1 fully saturated rings. The minimum absolute atomic E-state index is 0.0904. The molecule has 0 N–H and O–H groups in total. The molecule has 4 rings (SSSR count). The number of rotatable bonds is 6. The van der Waals surface area contributed by atoms with Gasteiger partial charge >= 0.3 is 0 Å². The molecule has 7 nitrogen and oxygen atoms in total. The molecule has 0 radical (unpaired) electrons. The molecule has 1 aliphatic heterocycles. The van der Waals surface area contributed by atoms with Crippen LogP contribution in [-0.2, 0) is 21.2 Å². The highest BCUT2D eigenvalue weighted by atomic mass is 32.2. The first-order valence-electron chi connectivity index (χ1n) is 10.9. The normalized spacial score (nSPS) is 15.0. The molecule has 1 amide bonds. The molecule has 1 saturated heterocycles. The second-order valence-electron chi connectivity index (χ2n) is 8.30. The molecule has 1 aromatic heterocycles. The van der Waals surface area contributed by atoms with E-state index in [-0.39, 0.29) is 53.9 Å². The summed E-state index contributed by atoms with van der Waals surface area (Å²) in [6.45, 7) is 4.70. The second-order valence-corrected chi connectivity index (χ2v) is 10.2. The molecule has 0 unspecified atom stereocenters. The fourth-order valence-electron chi connectivity index (χ4n) is 4.02. The van der Waals surface area contributed by atoms with Crippen LogP contribution < -0.4 is 0 Å². The van der Waals surface area contributed by atoms with Crippen LogP contribution >= 0.6 is 0 Å². The minimum Gasteiger partial charge on any atom is -0.441 e. The summed E-state index contributed by atoms with van der Waals surface area (Å²) in [5.41, 5.74) is 1.78. The number of sulfonamides is 1. The Morgan fingerprint density at radius 3 is 2.47 bits per heavy atom. The fourth-order valence-corrected chi connectivity index (χ4v) is 5.65.